The van der Waals surface area contributed by atoms with Crippen LogP contribution in [-0.2, 0) is 20.2 Å². The quantitative estimate of drug-likeness (QED) is 0.684. The molecule has 0 fully saturated rings. The molecule has 0 aromatic heterocycles. The molecule has 4 heteroatoms. The van der Waals surface area contributed by atoms with Gasteiger partial charge in [0.1, 0.15) is 12.8 Å². The molecule has 1 rings (SSSR count). The van der Waals surface area contributed by atoms with E-state index in [1.807, 2.05) is 44.2 Å². The predicted molar refractivity (Wildman–Crippen MR) is 67.3 cm³/mol. The van der Waals surface area contributed by atoms with Gasteiger partial charge in [0.2, 0.25) is 0 Å². The summed E-state index contributed by atoms with van der Waals surface area (Å²) in [5, 5.41) is 0. The third-order valence-electron chi connectivity index (χ3n) is 2.26. The Morgan fingerprint density at radius 2 is 1.75 bits per heavy atom. The second kappa shape index (κ2) is 6.97. The van der Waals surface area contributed by atoms with E-state index in [1.165, 1.54) is 0 Å². The molecule has 0 heterocycles. The van der Waals surface area contributed by atoms with Crippen LogP contribution < -0.4 is 0 Å². The van der Waals surface area contributed by atoms with Gasteiger partial charge in [-0.3, -0.25) is 0 Å². The van der Waals surface area contributed by atoms with Gasteiger partial charge in [-0.2, -0.15) is 13.6 Å². The largest absolute Gasteiger partial charge is 0.411 e. The van der Waals surface area contributed by atoms with Gasteiger partial charge in [0.25, 0.3) is 0 Å². The van der Waals surface area contributed by atoms with Crippen LogP contribution in [0.2, 0.25) is 0 Å². The zero-order valence-corrected chi connectivity index (χ0v) is 11.1. The zero-order chi connectivity index (χ0) is 11.9. The van der Waals surface area contributed by atoms with E-state index in [9.17, 15) is 0 Å². The van der Waals surface area contributed by atoms with Crippen molar-refractivity contribution in [3.8, 4) is 0 Å². The van der Waals surface area contributed by atoms with Crippen molar-refractivity contribution >= 4 is 7.94 Å². The fourth-order valence-electron chi connectivity index (χ4n) is 1.40. The Labute approximate surface area is 98.3 Å². The summed E-state index contributed by atoms with van der Waals surface area (Å²) in [6.45, 7) is 5.13. The zero-order valence-electron chi connectivity index (χ0n) is 10.2. The van der Waals surface area contributed by atoms with Gasteiger partial charge in [-0.15, -0.1) is 0 Å². The summed E-state index contributed by atoms with van der Waals surface area (Å²) in [5.41, 5.74) is 1.14. The molecule has 90 valence electrons. The standard InChI is InChI=1S/C12H20O3P/c1-4-14-16(5-2,13-3)15-11-12-9-7-6-8-10-12/h6-10H,4-5,11H2,1-3H3/q+1. The number of benzene rings is 1. The fraction of sp³-hybridized carbons (Fsp3) is 0.500. The molecule has 1 aromatic carbocycles. The van der Waals surface area contributed by atoms with Crippen LogP contribution in [0.4, 0.5) is 0 Å². The second-order valence-electron chi connectivity index (χ2n) is 3.29. The summed E-state index contributed by atoms with van der Waals surface area (Å²) in [6.07, 6.45) is 0.768. The SMILES string of the molecule is CCO[P+](CC)(OC)OCc1ccccc1. The Balaban J connectivity index is 2.56. The van der Waals surface area contributed by atoms with Gasteiger partial charge in [0.05, 0.1) is 13.7 Å². The molecule has 0 aliphatic carbocycles. The van der Waals surface area contributed by atoms with E-state index >= 15 is 0 Å². The highest BCUT2D eigenvalue weighted by Crippen LogP contribution is 2.61. The second-order valence-corrected chi connectivity index (χ2v) is 6.02. The molecule has 0 aliphatic heterocycles. The molecule has 1 unspecified atom stereocenters. The summed E-state index contributed by atoms with van der Waals surface area (Å²) < 4.78 is 16.9. The van der Waals surface area contributed by atoms with Crippen molar-refractivity contribution in [1.82, 2.24) is 0 Å². The molecule has 0 spiro atoms. The highest BCUT2D eigenvalue weighted by molar-refractivity contribution is 7.61. The molecular weight excluding hydrogens is 223 g/mol. The van der Waals surface area contributed by atoms with Crippen molar-refractivity contribution in [3.05, 3.63) is 35.9 Å². The van der Waals surface area contributed by atoms with Crippen molar-refractivity contribution in [2.24, 2.45) is 0 Å². The minimum Gasteiger partial charge on any atom is -0.181 e. The minimum absolute atomic E-state index is 0.538. The summed E-state index contributed by atoms with van der Waals surface area (Å²) in [6, 6.07) is 10.1. The van der Waals surface area contributed by atoms with E-state index in [4.69, 9.17) is 13.6 Å². The van der Waals surface area contributed by atoms with Gasteiger partial charge in [-0.05, 0) is 19.4 Å². The van der Waals surface area contributed by atoms with Gasteiger partial charge in [0.15, 0.2) is 0 Å². The molecule has 16 heavy (non-hydrogen) atoms. The maximum atomic E-state index is 5.82. The van der Waals surface area contributed by atoms with Crippen molar-refractivity contribution in [2.45, 2.75) is 20.5 Å². The van der Waals surface area contributed by atoms with E-state index in [2.05, 4.69) is 0 Å². The number of hydrogen-bond acceptors (Lipinski definition) is 3. The van der Waals surface area contributed by atoms with Gasteiger partial charge in [0, 0.05) is 0 Å². The summed E-state index contributed by atoms with van der Waals surface area (Å²) in [7, 11) is -0.473. The lowest BCUT2D eigenvalue weighted by Crippen LogP contribution is -2.07. The Kier molecular flexibility index (Phi) is 5.93. The van der Waals surface area contributed by atoms with E-state index in [0.29, 0.717) is 13.2 Å². The summed E-state index contributed by atoms with van der Waals surface area (Å²) in [5.74, 6) is 0. The van der Waals surface area contributed by atoms with Crippen LogP contribution in [-0.4, -0.2) is 19.9 Å². The smallest absolute Gasteiger partial charge is 0.181 e. The average Bonchev–Trinajstić information content (AvgIpc) is 2.36. The van der Waals surface area contributed by atoms with Crippen LogP contribution in [0.5, 0.6) is 0 Å². The molecule has 0 aliphatic rings. The van der Waals surface area contributed by atoms with Crippen LogP contribution in [0.15, 0.2) is 30.3 Å². The van der Waals surface area contributed by atoms with Gasteiger partial charge in [-0.1, -0.05) is 30.3 Å². The molecule has 0 radical (unpaired) electrons. The van der Waals surface area contributed by atoms with Crippen molar-refractivity contribution in [2.75, 3.05) is 19.9 Å². The Hall–Kier alpha value is -0.470. The van der Waals surface area contributed by atoms with Crippen molar-refractivity contribution in [3.63, 3.8) is 0 Å². The Morgan fingerprint density at radius 3 is 2.25 bits per heavy atom. The molecule has 0 bridgehead atoms. The molecular formula is C12H20O3P+. The first-order chi connectivity index (χ1) is 7.76. The third-order valence-corrected chi connectivity index (χ3v) is 4.77. The first-order valence-corrected chi connectivity index (χ1v) is 7.26. The van der Waals surface area contributed by atoms with Crippen LogP contribution in [0.3, 0.4) is 0 Å². The highest BCUT2D eigenvalue weighted by atomic mass is 31.2. The van der Waals surface area contributed by atoms with Gasteiger partial charge < -0.3 is 0 Å². The number of hydrogen-bond donors (Lipinski definition) is 0. The molecule has 0 saturated carbocycles. The van der Waals surface area contributed by atoms with Gasteiger partial charge >= 0.3 is 7.94 Å². The van der Waals surface area contributed by atoms with Crippen molar-refractivity contribution in [1.29, 1.82) is 0 Å². The van der Waals surface area contributed by atoms with E-state index < -0.39 is 7.94 Å². The monoisotopic (exact) mass is 243 g/mol. The first kappa shape index (κ1) is 13.6. The Morgan fingerprint density at radius 1 is 1.06 bits per heavy atom. The molecule has 0 saturated heterocycles. The van der Waals surface area contributed by atoms with E-state index in [1.54, 1.807) is 7.11 Å². The normalized spacial score (nSPS) is 14.7. The maximum Gasteiger partial charge on any atom is 0.411 e. The molecule has 0 N–H and O–H groups in total. The van der Waals surface area contributed by atoms with Crippen LogP contribution in [0.1, 0.15) is 19.4 Å². The maximum absolute atomic E-state index is 5.82. The average molecular weight is 243 g/mol. The van der Waals surface area contributed by atoms with Crippen LogP contribution >= 0.6 is 7.94 Å². The van der Waals surface area contributed by atoms with Crippen molar-refractivity contribution < 1.29 is 13.6 Å². The summed E-state index contributed by atoms with van der Waals surface area (Å²) >= 11 is 0. The lowest BCUT2D eigenvalue weighted by molar-refractivity contribution is 0.156. The minimum atomic E-state index is -2.12. The van der Waals surface area contributed by atoms with E-state index in [0.717, 1.165) is 11.7 Å². The summed E-state index contributed by atoms with van der Waals surface area (Å²) in [4.78, 5) is 0. The first-order valence-electron chi connectivity index (χ1n) is 5.53. The van der Waals surface area contributed by atoms with Gasteiger partial charge in [-0.25, -0.2) is 0 Å². The highest BCUT2D eigenvalue weighted by Gasteiger charge is 2.41. The van der Waals surface area contributed by atoms with Crippen LogP contribution in [0.25, 0.3) is 0 Å². The molecule has 1 aromatic rings. The lowest BCUT2D eigenvalue weighted by atomic mass is 10.2. The fourth-order valence-corrected chi connectivity index (χ4v) is 3.05. The number of rotatable bonds is 7. The Bertz CT molecular complexity index is 286. The molecule has 1 atom stereocenters. The van der Waals surface area contributed by atoms with E-state index in [-0.39, 0.29) is 0 Å². The molecule has 3 nitrogen and oxygen atoms in total. The topological polar surface area (TPSA) is 27.7 Å². The predicted octanol–water partition coefficient (Wildman–Crippen LogP) is 3.67. The van der Waals surface area contributed by atoms with Crippen LogP contribution in [0, 0.1) is 0 Å². The lowest BCUT2D eigenvalue weighted by Gasteiger charge is -2.18. The third kappa shape index (κ3) is 3.84. The molecule has 0 amide bonds.